The van der Waals surface area contributed by atoms with Gasteiger partial charge >= 0.3 is 0 Å². The minimum atomic E-state index is -0.546. The smallest absolute Gasteiger partial charge is 0.257 e. The number of amides is 1. The van der Waals surface area contributed by atoms with Crippen molar-refractivity contribution in [3.8, 4) is 0 Å². The van der Waals surface area contributed by atoms with Gasteiger partial charge in [0, 0.05) is 13.1 Å². The lowest BCUT2D eigenvalue weighted by atomic mass is 10.2. The van der Waals surface area contributed by atoms with Crippen LogP contribution in [0.4, 0.5) is 10.2 Å². The van der Waals surface area contributed by atoms with Crippen LogP contribution in [0.15, 0.2) is 12.3 Å². The van der Waals surface area contributed by atoms with Gasteiger partial charge in [-0.1, -0.05) is 13.8 Å². The van der Waals surface area contributed by atoms with E-state index in [0.717, 1.165) is 25.1 Å². The largest absolute Gasteiger partial charge is 0.383 e. The van der Waals surface area contributed by atoms with E-state index in [2.05, 4.69) is 4.98 Å². The van der Waals surface area contributed by atoms with Crippen molar-refractivity contribution in [3.63, 3.8) is 0 Å². The van der Waals surface area contributed by atoms with E-state index in [4.69, 9.17) is 5.73 Å². The summed E-state index contributed by atoms with van der Waals surface area (Å²) in [5.74, 6) is -0.720. The van der Waals surface area contributed by atoms with Gasteiger partial charge in [0.05, 0.1) is 11.8 Å². The Morgan fingerprint density at radius 2 is 2.00 bits per heavy atom. The van der Waals surface area contributed by atoms with Crippen LogP contribution in [0.2, 0.25) is 0 Å². The monoisotopic (exact) mass is 239 g/mol. The van der Waals surface area contributed by atoms with E-state index in [1.807, 2.05) is 13.8 Å². The molecule has 0 aliphatic rings. The minimum Gasteiger partial charge on any atom is -0.383 e. The molecule has 1 aromatic rings. The van der Waals surface area contributed by atoms with Crippen LogP contribution in [0.1, 0.15) is 37.0 Å². The molecule has 0 saturated carbocycles. The maximum absolute atomic E-state index is 13.1. The zero-order valence-electron chi connectivity index (χ0n) is 10.2. The molecule has 0 unspecified atom stereocenters. The van der Waals surface area contributed by atoms with Crippen molar-refractivity contribution in [1.82, 2.24) is 9.88 Å². The highest BCUT2D eigenvalue weighted by Gasteiger charge is 2.18. The molecular weight excluding hydrogens is 221 g/mol. The number of carbonyl (C=O) groups excluding carboxylic acids is 1. The van der Waals surface area contributed by atoms with Crippen molar-refractivity contribution in [2.24, 2.45) is 0 Å². The lowest BCUT2D eigenvalue weighted by molar-refractivity contribution is 0.0756. The molecule has 0 aromatic carbocycles. The van der Waals surface area contributed by atoms with E-state index in [1.54, 1.807) is 4.90 Å². The SMILES string of the molecule is CCCN(CCC)C(=O)c1cc(F)cnc1N. The van der Waals surface area contributed by atoms with Gasteiger partial charge in [0.15, 0.2) is 0 Å². The third kappa shape index (κ3) is 3.41. The molecule has 5 heteroatoms. The van der Waals surface area contributed by atoms with Gasteiger partial charge in [-0.3, -0.25) is 4.79 Å². The summed E-state index contributed by atoms with van der Waals surface area (Å²) in [6.45, 7) is 5.26. The fourth-order valence-electron chi connectivity index (χ4n) is 1.65. The molecule has 2 N–H and O–H groups in total. The van der Waals surface area contributed by atoms with Gasteiger partial charge in [0.2, 0.25) is 0 Å². The fourth-order valence-corrected chi connectivity index (χ4v) is 1.65. The van der Waals surface area contributed by atoms with Gasteiger partial charge < -0.3 is 10.6 Å². The van der Waals surface area contributed by atoms with E-state index in [1.165, 1.54) is 0 Å². The summed E-state index contributed by atoms with van der Waals surface area (Å²) in [7, 11) is 0. The molecule has 1 aromatic heterocycles. The summed E-state index contributed by atoms with van der Waals surface area (Å²) in [4.78, 5) is 17.5. The summed E-state index contributed by atoms with van der Waals surface area (Å²) < 4.78 is 13.1. The second-order valence-electron chi connectivity index (χ2n) is 3.88. The third-order valence-corrected chi connectivity index (χ3v) is 2.39. The highest BCUT2D eigenvalue weighted by Crippen LogP contribution is 2.13. The number of aromatic nitrogens is 1. The second-order valence-corrected chi connectivity index (χ2v) is 3.88. The van der Waals surface area contributed by atoms with Crippen molar-refractivity contribution in [1.29, 1.82) is 0 Å². The molecule has 0 atom stereocenters. The molecule has 4 nitrogen and oxygen atoms in total. The number of halogens is 1. The van der Waals surface area contributed by atoms with Crippen LogP contribution in [0.25, 0.3) is 0 Å². The van der Waals surface area contributed by atoms with E-state index >= 15 is 0 Å². The first kappa shape index (κ1) is 13.4. The van der Waals surface area contributed by atoms with Crippen LogP contribution in [-0.4, -0.2) is 28.9 Å². The van der Waals surface area contributed by atoms with Crippen LogP contribution in [0.3, 0.4) is 0 Å². The molecule has 0 radical (unpaired) electrons. The predicted octanol–water partition coefficient (Wildman–Crippen LogP) is 2.07. The van der Waals surface area contributed by atoms with E-state index in [-0.39, 0.29) is 17.3 Å². The molecule has 1 rings (SSSR count). The molecule has 0 aliphatic heterocycles. The Labute approximate surface area is 101 Å². The summed E-state index contributed by atoms with van der Waals surface area (Å²) in [5, 5.41) is 0. The zero-order chi connectivity index (χ0) is 12.8. The molecule has 1 heterocycles. The van der Waals surface area contributed by atoms with Crippen LogP contribution in [0.5, 0.6) is 0 Å². The Hall–Kier alpha value is -1.65. The van der Waals surface area contributed by atoms with Gasteiger partial charge in [-0.05, 0) is 18.9 Å². The molecule has 0 bridgehead atoms. The number of rotatable bonds is 5. The molecule has 17 heavy (non-hydrogen) atoms. The number of nitrogens with zero attached hydrogens (tertiary/aromatic N) is 2. The molecular formula is C12H18FN3O. The lowest BCUT2D eigenvalue weighted by Crippen LogP contribution is -2.33. The van der Waals surface area contributed by atoms with Crippen LogP contribution < -0.4 is 5.73 Å². The van der Waals surface area contributed by atoms with Crippen molar-refractivity contribution in [2.75, 3.05) is 18.8 Å². The Morgan fingerprint density at radius 3 is 2.53 bits per heavy atom. The number of hydrogen-bond donors (Lipinski definition) is 1. The molecule has 0 spiro atoms. The van der Waals surface area contributed by atoms with Gasteiger partial charge in [-0.25, -0.2) is 9.37 Å². The Morgan fingerprint density at radius 1 is 1.41 bits per heavy atom. The van der Waals surface area contributed by atoms with Crippen LogP contribution in [0, 0.1) is 5.82 Å². The number of carbonyl (C=O) groups is 1. The van der Waals surface area contributed by atoms with Crippen molar-refractivity contribution in [2.45, 2.75) is 26.7 Å². The third-order valence-electron chi connectivity index (χ3n) is 2.39. The summed E-state index contributed by atoms with van der Waals surface area (Å²) in [5.41, 5.74) is 5.74. The van der Waals surface area contributed by atoms with E-state index in [0.29, 0.717) is 13.1 Å². The number of hydrogen-bond acceptors (Lipinski definition) is 3. The van der Waals surface area contributed by atoms with E-state index in [9.17, 15) is 9.18 Å². The zero-order valence-corrected chi connectivity index (χ0v) is 10.2. The fraction of sp³-hybridized carbons (Fsp3) is 0.500. The number of anilines is 1. The Kier molecular flexibility index (Phi) is 4.87. The van der Waals surface area contributed by atoms with Gasteiger partial charge in [0.1, 0.15) is 11.6 Å². The predicted molar refractivity (Wildman–Crippen MR) is 65.1 cm³/mol. The average Bonchev–Trinajstić information content (AvgIpc) is 2.31. The molecule has 0 saturated heterocycles. The molecule has 0 fully saturated rings. The molecule has 94 valence electrons. The van der Waals surface area contributed by atoms with Gasteiger partial charge in [-0.2, -0.15) is 0 Å². The first-order chi connectivity index (χ1) is 8.10. The topological polar surface area (TPSA) is 59.2 Å². The first-order valence-electron chi connectivity index (χ1n) is 5.80. The average molecular weight is 239 g/mol. The van der Waals surface area contributed by atoms with Crippen molar-refractivity contribution < 1.29 is 9.18 Å². The normalized spacial score (nSPS) is 10.3. The quantitative estimate of drug-likeness (QED) is 0.855. The summed E-state index contributed by atoms with van der Waals surface area (Å²) in [6, 6.07) is 1.14. The second kappa shape index (κ2) is 6.18. The Bertz CT molecular complexity index is 389. The highest BCUT2D eigenvalue weighted by molar-refractivity contribution is 5.98. The number of nitrogen functional groups attached to an aromatic ring is 1. The number of pyridine rings is 1. The van der Waals surface area contributed by atoms with Crippen molar-refractivity contribution >= 4 is 11.7 Å². The summed E-state index contributed by atoms with van der Waals surface area (Å²) >= 11 is 0. The maximum atomic E-state index is 13.1. The van der Waals surface area contributed by atoms with Crippen molar-refractivity contribution in [3.05, 3.63) is 23.6 Å². The highest BCUT2D eigenvalue weighted by atomic mass is 19.1. The first-order valence-corrected chi connectivity index (χ1v) is 5.80. The minimum absolute atomic E-state index is 0.0774. The molecule has 1 amide bonds. The van der Waals surface area contributed by atoms with Gasteiger partial charge in [-0.15, -0.1) is 0 Å². The maximum Gasteiger partial charge on any atom is 0.257 e. The lowest BCUT2D eigenvalue weighted by Gasteiger charge is -2.21. The standard InChI is InChI=1S/C12H18FN3O/c1-3-5-16(6-4-2)12(17)10-7-9(13)8-15-11(10)14/h7-8H,3-6H2,1-2H3,(H2,14,15). The van der Waals surface area contributed by atoms with Gasteiger partial charge in [0.25, 0.3) is 5.91 Å². The van der Waals surface area contributed by atoms with E-state index < -0.39 is 5.82 Å². The van der Waals surface area contributed by atoms with Crippen LogP contribution >= 0.6 is 0 Å². The van der Waals surface area contributed by atoms with Crippen LogP contribution in [-0.2, 0) is 0 Å². The summed E-state index contributed by atoms with van der Waals surface area (Å²) in [6.07, 6.45) is 2.72. The molecule has 0 aliphatic carbocycles. The Balaban J connectivity index is 2.95. The number of nitrogens with two attached hydrogens (primary N) is 1.